The zero-order valence-electron chi connectivity index (χ0n) is 10.5. The van der Waals surface area contributed by atoms with Crippen molar-refractivity contribution in [3.63, 3.8) is 0 Å². The summed E-state index contributed by atoms with van der Waals surface area (Å²) in [6.07, 6.45) is 2.08. The molecule has 0 radical (unpaired) electrons. The third kappa shape index (κ3) is 4.26. The van der Waals surface area contributed by atoms with Gasteiger partial charge >= 0.3 is 0 Å². The maximum Gasteiger partial charge on any atom is 0.215 e. The van der Waals surface area contributed by atoms with Crippen LogP contribution in [0.1, 0.15) is 24.8 Å². The summed E-state index contributed by atoms with van der Waals surface area (Å²) in [4.78, 5) is 0. The molecule has 0 aromatic heterocycles. The van der Waals surface area contributed by atoms with Gasteiger partial charge in [-0.2, -0.15) is 0 Å². The van der Waals surface area contributed by atoms with Crippen LogP contribution in [0, 0.1) is 11.7 Å². The quantitative estimate of drug-likeness (QED) is 0.860. The van der Waals surface area contributed by atoms with Crippen LogP contribution in [0.3, 0.4) is 0 Å². The SMILES string of the molecule is O=S(=O)(Cc1cccc(F)c1)NCC1CCCC1O. The molecule has 2 atom stereocenters. The number of hydrogen-bond acceptors (Lipinski definition) is 3. The minimum Gasteiger partial charge on any atom is -0.393 e. The van der Waals surface area contributed by atoms with Crippen LogP contribution < -0.4 is 4.72 Å². The van der Waals surface area contributed by atoms with Crippen molar-refractivity contribution in [2.75, 3.05) is 6.54 Å². The summed E-state index contributed by atoms with van der Waals surface area (Å²) in [5, 5.41) is 9.63. The number of aliphatic hydroxyl groups excluding tert-OH is 1. The van der Waals surface area contributed by atoms with Crippen molar-refractivity contribution in [2.45, 2.75) is 31.1 Å². The first kappa shape index (κ1) is 14.4. The molecular weight excluding hydrogens is 269 g/mol. The highest BCUT2D eigenvalue weighted by atomic mass is 32.2. The Hall–Kier alpha value is -0.980. The van der Waals surface area contributed by atoms with Crippen LogP contribution in [-0.4, -0.2) is 26.2 Å². The Morgan fingerprint density at radius 1 is 1.37 bits per heavy atom. The zero-order chi connectivity index (χ0) is 13.9. The van der Waals surface area contributed by atoms with Gasteiger partial charge in [0.1, 0.15) is 5.82 Å². The van der Waals surface area contributed by atoms with Crippen LogP contribution >= 0.6 is 0 Å². The van der Waals surface area contributed by atoms with Crippen molar-refractivity contribution < 1.29 is 17.9 Å². The minimum absolute atomic E-state index is 0.0118. The Kier molecular flexibility index (Phi) is 4.54. The van der Waals surface area contributed by atoms with Crippen LogP contribution in [0.4, 0.5) is 4.39 Å². The topological polar surface area (TPSA) is 66.4 Å². The Morgan fingerprint density at radius 3 is 2.79 bits per heavy atom. The molecule has 6 heteroatoms. The standard InChI is InChI=1S/C13H18FNO3S/c14-12-5-1-3-10(7-12)9-19(17,18)15-8-11-4-2-6-13(11)16/h1,3,5,7,11,13,15-16H,2,4,6,8-9H2. The van der Waals surface area contributed by atoms with E-state index in [1.54, 1.807) is 6.07 Å². The maximum atomic E-state index is 13.0. The summed E-state index contributed by atoms with van der Waals surface area (Å²) in [5.74, 6) is -0.700. The van der Waals surface area contributed by atoms with E-state index in [-0.39, 0.29) is 18.2 Å². The fourth-order valence-electron chi connectivity index (χ4n) is 2.39. The molecule has 1 saturated carbocycles. The van der Waals surface area contributed by atoms with Gasteiger partial charge in [0, 0.05) is 6.54 Å². The van der Waals surface area contributed by atoms with Gasteiger partial charge in [0.25, 0.3) is 0 Å². The monoisotopic (exact) mass is 287 g/mol. The van der Waals surface area contributed by atoms with E-state index in [0.29, 0.717) is 5.56 Å². The number of sulfonamides is 1. The Bertz CT molecular complexity index is 532. The Labute approximate surface area is 112 Å². The summed E-state index contributed by atoms with van der Waals surface area (Å²) in [7, 11) is -3.49. The lowest BCUT2D eigenvalue weighted by Crippen LogP contribution is -2.33. The molecule has 1 aromatic rings. The molecule has 1 fully saturated rings. The molecule has 0 spiro atoms. The van der Waals surface area contributed by atoms with E-state index in [1.165, 1.54) is 18.2 Å². The Morgan fingerprint density at radius 2 is 2.16 bits per heavy atom. The first-order chi connectivity index (χ1) is 8.96. The van der Waals surface area contributed by atoms with Crippen molar-refractivity contribution in [3.8, 4) is 0 Å². The number of halogens is 1. The lowest BCUT2D eigenvalue weighted by Gasteiger charge is -2.15. The number of nitrogens with one attached hydrogen (secondary N) is 1. The molecule has 0 aliphatic heterocycles. The van der Waals surface area contributed by atoms with Crippen molar-refractivity contribution in [3.05, 3.63) is 35.6 Å². The van der Waals surface area contributed by atoms with E-state index in [1.807, 2.05) is 0 Å². The van der Waals surface area contributed by atoms with Crippen LogP contribution in [-0.2, 0) is 15.8 Å². The molecule has 2 unspecified atom stereocenters. The first-order valence-electron chi connectivity index (χ1n) is 6.36. The predicted molar refractivity (Wildman–Crippen MR) is 70.4 cm³/mol. The highest BCUT2D eigenvalue weighted by Crippen LogP contribution is 2.24. The second-order valence-electron chi connectivity index (χ2n) is 5.00. The molecule has 1 aromatic carbocycles. The summed E-state index contributed by atoms with van der Waals surface area (Å²) in [6.45, 7) is 0.249. The molecular formula is C13H18FNO3S. The van der Waals surface area contributed by atoms with Crippen LogP contribution in [0.5, 0.6) is 0 Å². The van der Waals surface area contributed by atoms with Gasteiger partial charge in [0.2, 0.25) is 10.0 Å². The maximum absolute atomic E-state index is 13.0. The molecule has 2 N–H and O–H groups in total. The number of aliphatic hydroxyl groups is 1. The molecule has 0 amide bonds. The van der Waals surface area contributed by atoms with Gasteiger partial charge in [0.15, 0.2) is 0 Å². The largest absolute Gasteiger partial charge is 0.393 e. The van der Waals surface area contributed by atoms with E-state index in [9.17, 15) is 17.9 Å². The third-order valence-electron chi connectivity index (χ3n) is 3.43. The summed E-state index contributed by atoms with van der Waals surface area (Å²) in [5.41, 5.74) is 0.416. The van der Waals surface area contributed by atoms with E-state index >= 15 is 0 Å². The molecule has 0 bridgehead atoms. The van der Waals surface area contributed by atoms with E-state index in [2.05, 4.69) is 4.72 Å². The molecule has 4 nitrogen and oxygen atoms in total. The van der Waals surface area contributed by atoms with Gasteiger partial charge < -0.3 is 5.11 Å². The van der Waals surface area contributed by atoms with E-state index < -0.39 is 21.9 Å². The molecule has 0 saturated heterocycles. The molecule has 106 valence electrons. The molecule has 2 rings (SSSR count). The normalized spacial score (nSPS) is 23.7. The zero-order valence-corrected chi connectivity index (χ0v) is 11.4. The molecule has 0 heterocycles. The molecule has 19 heavy (non-hydrogen) atoms. The lowest BCUT2D eigenvalue weighted by molar-refractivity contribution is 0.134. The van der Waals surface area contributed by atoms with Gasteiger partial charge in [-0.15, -0.1) is 0 Å². The van der Waals surface area contributed by atoms with Gasteiger partial charge in [-0.05, 0) is 36.5 Å². The third-order valence-corrected chi connectivity index (χ3v) is 4.75. The molecule has 1 aliphatic rings. The van der Waals surface area contributed by atoms with Crippen molar-refractivity contribution >= 4 is 10.0 Å². The minimum atomic E-state index is -3.49. The van der Waals surface area contributed by atoms with Crippen molar-refractivity contribution in [2.24, 2.45) is 5.92 Å². The number of benzene rings is 1. The smallest absolute Gasteiger partial charge is 0.215 e. The van der Waals surface area contributed by atoms with E-state index in [4.69, 9.17) is 0 Å². The second kappa shape index (κ2) is 5.98. The van der Waals surface area contributed by atoms with E-state index in [0.717, 1.165) is 19.3 Å². The van der Waals surface area contributed by atoms with Crippen molar-refractivity contribution in [1.82, 2.24) is 4.72 Å². The fourth-order valence-corrected chi connectivity index (χ4v) is 3.58. The summed E-state index contributed by atoms with van der Waals surface area (Å²) < 4.78 is 39.2. The number of hydrogen-bond donors (Lipinski definition) is 2. The Balaban J connectivity index is 1.91. The van der Waals surface area contributed by atoms with Crippen molar-refractivity contribution in [1.29, 1.82) is 0 Å². The average molecular weight is 287 g/mol. The highest BCUT2D eigenvalue weighted by Gasteiger charge is 2.26. The van der Waals surface area contributed by atoms with Gasteiger partial charge in [0.05, 0.1) is 11.9 Å². The van der Waals surface area contributed by atoms with Crippen LogP contribution in [0.15, 0.2) is 24.3 Å². The first-order valence-corrected chi connectivity index (χ1v) is 8.01. The van der Waals surface area contributed by atoms with Gasteiger partial charge in [-0.3, -0.25) is 0 Å². The highest BCUT2D eigenvalue weighted by molar-refractivity contribution is 7.88. The predicted octanol–water partition coefficient (Wildman–Crippen LogP) is 1.41. The van der Waals surface area contributed by atoms with Crippen LogP contribution in [0.25, 0.3) is 0 Å². The number of rotatable bonds is 5. The second-order valence-corrected chi connectivity index (χ2v) is 6.80. The van der Waals surface area contributed by atoms with Crippen LogP contribution in [0.2, 0.25) is 0 Å². The summed E-state index contributed by atoms with van der Waals surface area (Å²) >= 11 is 0. The van der Waals surface area contributed by atoms with Gasteiger partial charge in [-0.25, -0.2) is 17.5 Å². The lowest BCUT2D eigenvalue weighted by atomic mass is 10.1. The fraction of sp³-hybridized carbons (Fsp3) is 0.538. The van der Waals surface area contributed by atoms with Gasteiger partial charge in [-0.1, -0.05) is 18.6 Å². The summed E-state index contributed by atoms with van der Waals surface area (Å²) in [6, 6.07) is 5.55. The molecule has 1 aliphatic carbocycles. The average Bonchev–Trinajstić information content (AvgIpc) is 2.72.